The van der Waals surface area contributed by atoms with E-state index in [1.54, 1.807) is 6.92 Å². The van der Waals surface area contributed by atoms with E-state index in [1.165, 1.54) is 12.1 Å². The van der Waals surface area contributed by atoms with E-state index >= 15 is 0 Å². The number of aromatic nitrogens is 1. The van der Waals surface area contributed by atoms with Gasteiger partial charge in [-0.1, -0.05) is 0 Å². The maximum Gasteiger partial charge on any atom is 0.256 e. The summed E-state index contributed by atoms with van der Waals surface area (Å²) >= 11 is 0. The average molecular weight is 235 g/mol. The lowest BCUT2D eigenvalue weighted by Crippen LogP contribution is -2.10. The smallest absolute Gasteiger partial charge is 0.256 e. The lowest BCUT2D eigenvalue weighted by atomic mass is 10.0. The van der Waals surface area contributed by atoms with Crippen LogP contribution in [0.25, 0.3) is 10.8 Å². The molecular formula is C13H14FNO2. The number of rotatable bonds is 3. The van der Waals surface area contributed by atoms with Gasteiger partial charge in [0.2, 0.25) is 0 Å². The average Bonchev–Trinajstić information content (AvgIpc) is 2.28. The Morgan fingerprint density at radius 1 is 1.29 bits per heavy atom. The molecule has 17 heavy (non-hydrogen) atoms. The molecule has 0 aliphatic carbocycles. The number of hydrogen-bond donors (Lipinski definition) is 2. The van der Waals surface area contributed by atoms with Crippen molar-refractivity contribution in [3.8, 4) is 0 Å². The molecule has 4 heteroatoms. The zero-order chi connectivity index (χ0) is 12.4. The van der Waals surface area contributed by atoms with Gasteiger partial charge < -0.3 is 10.1 Å². The SMILES string of the molecule is Cc1cc(F)cc2c(=O)[nH]c(CCCO)cc12. The first-order chi connectivity index (χ1) is 8.11. The molecule has 2 N–H and O–H groups in total. The Kier molecular flexibility index (Phi) is 3.24. The highest BCUT2D eigenvalue weighted by molar-refractivity contribution is 5.85. The van der Waals surface area contributed by atoms with Crippen LogP contribution in [-0.4, -0.2) is 16.7 Å². The Balaban J connectivity index is 2.61. The van der Waals surface area contributed by atoms with Gasteiger partial charge in [-0.05, 0) is 48.9 Å². The number of aliphatic hydroxyl groups is 1. The third-order valence-electron chi connectivity index (χ3n) is 2.79. The van der Waals surface area contributed by atoms with Gasteiger partial charge in [0.1, 0.15) is 5.82 Å². The van der Waals surface area contributed by atoms with Crippen molar-refractivity contribution in [3.05, 3.63) is 45.6 Å². The predicted molar refractivity (Wildman–Crippen MR) is 64.7 cm³/mol. The Bertz CT molecular complexity index is 604. The molecule has 0 unspecified atom stereocenters. The van der Waals surface area contributed by atoms with Crippen LogP contribution in [0.15, 0.2) is 23.0 Å². The molecule has 90 valence electrons. The Morgan fingerprint density at radius 2 is 2.06 bits per heavy atom. The van der Waals surface area contributed by atoms with Crippen molar-refractivity contribution in [1.82, 2.24) is 4.98 Å². The van der Waals surface area contributed by atoms with E-state index in [9.17, 15) is 9.18 Å². The fourth-order valence-corrected chi connectivity index (χ4v) is 1.96. The third kappa shape index (κ3) is 2.36. The third-order valence-corrected chi connectivity index (χ3v) is 2.79. The maximum absolute atomic E-state index is 13.2. The number of H-pyrrole nitrogens is 1. The number of pyridine rings is 1. The quantitative estimate of drug-likeness (QED) is 0.853. The highest BCUT2D eigenvalue weighted by Crippen LogP contribution is 2.18. The minimum atomic E-state index is -0.399. The molecule has 3 nitrogen and oxygen atoms in total. The molecule has 0 amide bonds. The fourth-order valence-electron chi connectivity index (χ4n) is 1.96. The van der Waals surface area contributed by atoms with E-state index in [2.05, 4.69) is 4.98 Å². The predicted octanol–water partition coefficient (Wildman–Crippen LogP) is 1.90. The Labute approximate surface area is 97.9 Å². The standard InChI is InChI=1S/C13H14FNO2/c1-8-5-9(14)6-12-11(8)7-10(3-2-4-16)15-13(12)17/h5-7,16H,2-4H2,1H3,(H,15,17). The van der Waals surface area contributed by atoms with E-state index in [0.717, 1.165) is 16.6 Å². The van der Waals surface area contributed by atoms with E-state index in [4.69, 9.17) is 5.11 Å². The molecule has 0 saturated heterocycles. The molecule has 0 fully saturated rings. The van der Waals surface area contributed by atoms with Crippen LogP contribution >= 0.6 is 0 Å². The fraction of sp³-hybridized carbons (Fsp3) is 0.308. The second-order valence-corrected chi connectivity index (χ2v) is 4.13. The summed E-state index contributed by atoms with van der Waals surface area (Å²) in [7, 11) is 0. The number of aromatic amines is 1. The molecule has 1 aromatic heterocycles. The Morgan fingerprint density at radius 3 is 2.76 bits per heavy atom. The van der Waals surface area contributed by atoms with Crippen molar-refractivity contribution < 1.29 is 9.50 Å². The number of halogens is 1. The largest absolute Gasteiger partial charge is 0.396 e. The van der Waals surface area contributed by atoms with Crippen LogP contribution in [0.5, 0.6) is 0 Å². The van der Waals surface area contributed by atoms with E-state index < -0.39 is 5.82 Å². The molecule has 0 aliphatic heterocycles. The molecule has 2 rings (SSSR count). The van der Waals surface area contributed by atoms with Gasteiger partial charge in [-0.2, -0.15) is 0 Å². The maximum atomic E-state index is 13.2. The second-order valence-electron chi connectivity index (χ2n) is 4.13. The molecule has 0 saturated carbocycles. The normalized spacial score (nSPS) is 11.0. The summed E-state index contributed by atoms with van der Waals surface area (Å²) in [4.78, 5) is 14.5. The van der Waals surface area contributed by atoms with E-state index in [0.29, 0.717) is 18.2 Å². The van der Waals surface area contributed by atoms with Gasteiger partial charge in [0.25, 0.3) is 5.56 Å². The highest BCUT2D eigenvalue weighted by Gasteiger charge is 2.06. The van der Waals surface area contributed by atoms with E-state index in [1.807, 2.05) is 6.07 Å². The minimum absolute atomic E-state index is 0.0858. The summed E-state index contributed by atoms with van der Waals surface area (Å²) in [6.07, 6.45) is 1.21. The van der Waals surface area contributed by atoms with Crippen molar-refractivity contribution in [2.75, 3.05) is 6.61 Å². The van der Waals surface area contributed by atoms with Gasteiger partial charge in [-0.15, -0.1) is 0 Å². The van der Waals surface area contributed by atoms with Crippen molar-refractivity contribution in [1.29, 1.82) is 0 Å². The summed E-state index contributed by atoms with van der Waals surface area (Å²) in [5, 5.41) is 9.90. The number of aryl methyl sites for hydroxylation is 2. The molecule has 2 aromatic rings. The molecule has 0 radical (unpaired) electrons. The lowest BCUT2D eigenvalue weighted by molar-refractivity contribution is 0.288. The minimum Gasteiger partial charge on any atom is -0.396 e. The van der Waals surface area contributed by atoms with Crippen molar-refractivity contribution in [2.45, 2.75) is 19.8 Å². The van der Waals surface area contributed by atoms with Crippen LogP contribution in [0.1, 0.15) is 17.7 Å². The first-order valence-corrected chi connectivity index (χ1v) is 5.54. The summed E-state index contributed by atoms with van der Waals surface area (Å²) in [5.74, 6) is -0.399. The number of benzene rings is 1. The molecule has 0 atom stereocenters. The van der Waals surface area contributed by atoms with Crippen LogP contribution in [-0.2, 0) is 6.42 Å². The summed E-state index contributed by atoms with van der Waals surface area (Å²) in [6, 6.07) is 4.51. The topological polar surface area (TPSA) is 53.1 Å². The monoisotopic (exact) mass is 235 g/mol. The van der Waals surface area contributed by atoms with Crippen LogP contribution in [0.2, 0.25) is 0 Å². The first-order valence-electron chi connectivity index (χ1n) is 5.54. The van der Waals surface area contributed by atoms with Crippen molar-refractivity contribution >= 4 is 10.8 Å². The van der Waals surface area contributed by atoms with Gasteiger partial charge >= 0.3 is 0 Å². The first kappa shape index (κ1) is 11.8. The van der Waals surface area contributed by atoms with Gasteiger partial charge in [0.05, 0.1) is 5.39 Å². The Hall–Kier alpha value is -1.68. The molecule has 1 aromatic carbocycles. The highest BCUT2D eigenvalue weighted by atomic mass is 19.1. The molecule has 0 bridgehead atoms. The summed E-state index contributed by atoms with van der Waals surface area (Å²) in [5.41, 5.74) is 1.24. The number of aliphatic hydroxyl groups excluding tert-OH is 1. The number of nitrogens with one attached hydrogen (secondary N) is 1. The van der Waals surface area contributed by atoms with Gasteiger partial charge in [0, 0.05) is 12.3 Å². The van der Waals surface area contributed by atoms with Gasteiger partial charge in [-0.25, -0.2) is 4.39 Å². The zero-order valence-electron chi connectivity index (χ0n) is 9.59. The van der Waals surface area contributed by atoms with Gasteiger partial charge in [-0.3, -0.25) is 4.79 Å². The molecular weight excluding hydrogens is 221 g/mol. The number of hydrogen-bond acceptors (Lipinski definition) is 2. The van der Waals surface area contributed by atoms with Crippen LogP contribution in [0, 0.1) is 12.7 Å². The van der Waals surface area contributed by atoms with Crippen LogP contribution in [0.3, 0.4) is 0 Å². The van der Waals surface area contributed by atoms with E-state index in [-0.39, 0.29) is 12.2 Å². The molecule has 0 spiro atoms. The summed E-state index contributed by atoms with van der Waals surface area (Å²) < 4.78 is 13.2. The van der Waals surface area contributed by atoms with Crippen molar-refractivity contribution in [3.63, 3.8) is 0 Å². The molecule has 1 heterocycles. The van der Waals surface area contributed by atoms with Crippen molar-refractivity contribution in [2.24, 2.45) is 0 Å². The summed E-state index contributed by atoms with van der Waals surface area (Å²) in [6.45, 7) is 1.86. The van der Waals surface area contributed by atoms with Crippen LogP contribution < -0.4 is 5.56 Å². The van der Waals surface area contributed by atoms with Gasteiger partial charge in [0.15, 0.2) is 0 Å². The van der Waals surface area contributed by atoms with Crippen LogP contribution in [0.4, 0.5) is 4.39 Å². The lowest BCUT2D eigenvalue weighted by Gasteiger charge is -2.05. The second kappa shape index (κ2) is 4.67. The zero-order valence-corrected chi connectivity index (χ0v) is 9.59. The number of fused-ring (bicyclic) bond motifs is 1. The molecule has 0 aliphatic rings.